The first-order chi connectivity index (χ1) is 13.2. The number of nitrogens with two attached hydrogens (primary N) is 1. The third-order valence-electron chi connectivity index (χ3n) is 4.27. The molecule has 0 saturated heterocycles. The van der Waals surface area contributed by atoms with Gasteiger partial charge in [0.25, 0.3) is 0 Å². The molecule has 0 saturated carbocycles. The number of nitrogen functional groups attached to an aromatic ring is 1. The van der Waals surface area contributed by atoms with Gasteiger partial charge in [0, 0.05) is 16.5 Å². The fourth-order valence-electron chi connectivity index (χ4n) is 2.97. The summed E-state index contributed by atoms with van der Waals surface area (Å²) in [6.45, 7) is 2.66. The third-order valence-corrected chi connectivity index (χ3v) is 4.27. The van der Waals surface area contributed by atoms with E-state index in [4.69, 9.17) is 10.5 Å². The zero-order valence-corrected chi connectivity index (χ0v) is 14.8. The van der Waals surface area contributed by atoms with Gasteiger partial charge in [0.2, 0.25) is 0 Å². The van der Waals surface area contributed by atoms with Gasteiger partial charge in [0.05, 0.1) is 23.5 Å². The molecule has 4 rings (SSSR count). The summed E-state index contributed by atoms with van der Waals surface area (Å²) in [7, 11) is 0. The number of fused-ring (bicyclic) bond motifs is 1. The molecule has 0 fully saturated rings. The molecule has 2 aromatic carbocycles. The number of aromatic amines is 2. The van der Waals surface area contributed by atoms with Gasteiger partial charge >= 0.3 is 5.69 Å². The van der Waals surface area contributed by atoms with Gasteiger partial charge in [-0.15, -0.1) is 0 Å². The van der Waals surface area contributed by atoms with Crippen molar-refractivity contribution in [3.63, 3.8) is 0 Å². The van der Waals surface area contributed by atoms with E-state index in [1.165, 1.54) is 0 Å². The van der Waals surface area contributed by atoms with Crippen LogP contribution in [0.2, 0.25) is 0 Å². The van der Waals surface area contributed by atoms with Crippen LogP contribution in [-0.4, -0.2) is 26.8 Å². The Morgan fingerprint density at radius 3 is 2.85 bits per heavy atom. The number of hydrogen-bond donors (Lipinski definition) is 3. The van der Waals surface area contributed by atoms with Gasteiger partial charge in [-0.2, -0.15) is 10.1 Å². The maximum absolute atomic E-state index is 12.2. The van der Waals surface area contributed by atoms with Crippen LogP contribution in [0.25, 0.3) is 33.4 Å². The summed E-state index contributed by atoms with van der Waals surface area (Å²) in [6, 6.07) is 15.1. The van der Waals surface area contributed by atoms with Crippen molar-refractivity contribution in [3.8, 4) is 28.3 Å². The molecule has 0 aliphatic heterocycles. The lowest BCUT2D eigenvalue weighted by Gasteiger charge is -2.11. The molecule has 4 aromatic rings. The molecule has 0 atom stereocenters. The normalized spacial score (nSPS) is 11.0. The number of aromatic nitrogens is 4. The van der Waals surface area contributed by atoms with Gasteiger partial charge in [-0.1, -0.05) is 25.1 Å². The van der Waals surface area contributed by atoms with Crippen molar-refractivity contribution >= 4 is 16.7 Å². The molecule has 0 aliphatic rings. The Labute approximate surface area is 155 Å². The highest BCUT2D eigenvalue weighted by Gasteiger charge is 2.11. The third kappa shape index (κ3) is 3.27. The summed E-state index contributed by atoms with van der Waals surface area (Å²) in [5.74, 6) is 1.14. The topological polar surface area (TPSA) is 110 Å². The van der Waals surface area contributed by atoms with E-state index in [0.717, 1.165) is 34.2 Å². The molecule has 0 radical (unpaired) electrons. The van der Waals surface area contributed by atoms with Gasteiger partial charge in [0.15, 0.2) is 5.82 Å². The van der Waals surface area contributed by atoms with E-state index in [-0.39, 0.29) is 0 Å². The smallest absolute Gasteiger partial charge is 0.345 e. The van der Waals surface area contributed by atoms with Crippen LogP contribution in [0.3, 0.4) is 0 Å². The molecule has 136 valence electrons. The number of anilines is 1. The molecule has 0 unspecified atom stereocenters. The average Bonchev–Trinajstić information content (AvgIpc) is 3.06. The number of nitrogens with one attached hydrogen (secondary N) is 2. The zero-order valence-electron chi connectivity index (χ0n) is 14.8. The summed E-state index contributed by atoms with van der Waals surface area (Å²) in [4.78, 5) is 19.1. The summed E-state index contributed by atoms with van der Waals surface area (Å²) < 4.78 is 5.82. The number of benzene rings is 2. The molecule has 0 aliphatic carbocycles. The van der Waals surface area contributed by atoms with E-state index < -0.39 is 5.69 Å². The molecular formula is C20H19N5O2. The number of ether oxygens (including phenoxy) is 1. The largest absolute Gasteiger partial charge is 0.493 e. The summed E-state index contributed by atoms with van der Waals surface area (Å²) in [5.41, 5.74) is 9.11. The van der Waals surface area contributed by atoms with Crippen LogP contribution in [0.15, 0.2) is 53.3 Å². The molecule has 0 spiro atoms. The molecular weight excluding hydrogens is 342 g/mol. The van der Waals surface area contributed by atoms with Crippen LogP contribution >= 0.6 is 0 Å². The Balaban J connectivity index is 1.82. The number of nitrogens with zero attached hydrogens (tertiary/aromatic N) is 2. The van der Waals surface area contributed by atoms with Crippen molar-refractivity contribution < 1.29 is 4.74 Å². The fourth-order valence-corrected chi connectivity index (χ4v) is 2.97. The minimum absolute atomic E-state index is 0.412. The van der Waals surface area contributed by atoms with Crippen molar-refractivity contribution in [1.82, 2.24) is 20.2 Å². The number of rotatable bonds is 5. The highest BCUT2D eigenvalue weighted by molar-refractivity contribution is 5.92. The van der Waals surface area contributed by atoms with Crippen molar-refractivity contribution in [2.45, 2.75) is 13.3 Å². The average molecular weight is 361 g/mol. The van der Waals surface area contributed by atoms with Gasteiger partial charge in [-0.25, -0.2) is 4.79 Å². The Kier molecular flexibility index (Phi) is 4.33. The van der Waals surface area contributed by atoms with Crippen molar-refractivity contribution in [2.24, 2.45) is 0 Å². The SMILES string of the molecule is CCCOc1ccccc1-c1cc(-c2ccc3[nH]nc(N)c3c2)nc(=O)[nH]1. The molecule has 4 N–H and O–H groups in total. The lowest BCUT2D eigenvalue weighted by Crippen LogP contribution is -2.12. The Morgan fingerprint density at radius 1 is 1.15 bits per heavy atom. The van der Waals surface area contributed by atoms with Crippen LogP contribution < -0.4 is 16.2 Å². The molecule has 2 heterocycles. The maximum Gasteiger partial charge on any atom is 0.345 e. The highest BCUT2D eigenvalue weighted by atomic mass is 16.5. The molecule has 0 bridgehead atoms. The second kappa shape index (κ2) is 6.95. The van der Waals surface area contributed by atoms with Crippen molar-refractivity contribution in [1.29, 1.82) is 0 Å². The molecule has 7 nitrogen and oxygen atoms in total. The van der Waals surface area contributed by atoms with Crippen molar-refractivity contribution in [3.05, 3.63) is 59.0 Å². The van der Waals surface area contributed by atoms with Crippen LogP contribution in [0.4, 0.5) is 5.82 Å². The maximum atomic E-state index is 12.2. The standard InChI is InChI=1S/C20H19N5O2/c1-2-9-27-18-6-4-3-5-13(18)17-11-16(22-20(26)23-17)12-7-8-15-14(10-12)19(21)25-24-15/h3-8,10-11H,2,9H2,1H3,(H3,21,24,25)(H,22,23,26). The Bertz CT molecular complexity index is 1160. The first kappa shape index (κ1) is 16.8. The molecule has 0 amide bonds. The van der Waals surface area contributed by atoms with Gasteiger partial charge in [0.1, 0.15) is 5.75 Å². The summed E-state index contributed by atoms with van der Waals surface area (Å²) >= 11 is 0. The predicted octanol–water partition coefficient (Wildman–Crippen LogP) is 3.35. The van der Waals surface area contributed by atoms with Crippen LogP contribution in [0.1, 0.15) is 13.3 Å². The number of para-hydroxylation sites is 1. The van der Waals surface area contributed by atoms with E-state index in [2.05, 4.69) is 20.2 Å². The van der Waals surface area contributed by atoms with Gasteiger partial charge in [-0.3, -0.25) is 5.10 Å². The summed E-state index contributed by atoms with van der Waals surface area (Å²) in [6.07, 6.45) is 0.901. The van der Waals surface area contributed by atoms with Crippen molar-refractivity contribution in [2.75, 3.05) is 12.3 Å². The quantitative estimate of drug-likeness (QED) is 0.505. The second-order valence-corrected chi connectivity index (χ2v) is 6.20. The van der Waals surface area contributed by atoms with Crippen LogP contribution in [-0.2, 0) is 0 Å². The van der Waals surface area contributed by atoms with E-state index in [9.17, 15) is 4.79 Å². The monoisotopic (exact) mass is 361 g/mol. The van der Waals surface area contributed by atoms with Crippen LogP contribution in [0.5, 0.6) is 5.75 Å². The zero-order chi connectivity index (χ0) is 18.8. The van der Waals surface area contributed by atoms with Crippen LogP contribution in [0, 0.1) is 0 Å². The van der Waals surface area contributed by atoms with E-state index in [1.807, 2.05) is 55.5 Å². The predicted molar refractivity (Wildman–Crippen MR) is 106 cm³/mol. The minimum atomic E-state index is -0.423. The second-order valence-electron chi connectivity index (χ2n) is 6.20. The van der Waals surface area contributed by atoms with E-state index in [1.54, 1.807) is 0 Å². The molecule has 2 aromatic heterocycles. The molecule has 7 heteroatoms. The van der Waals surface area contributed by atoms with Gasteiger partial charge in [-0.05, 0) is 36.8 Å². The lowest BCUT2D eigenvalue weighted by atomic mass is 10.1. The summed E-state index contributed by atoms with van der Waals surface area (Å²) in [5, 5.41) is 7.66. The Hall–Kier alpha value is -3.61. The molecule has 27 heavy (non-hydrogen) atoms. The number of hydrogen-bond acceptors (Lipinski definition) is 5. The number of H-pyrrole nitrogens is 2. The lowest BCUT2D eigenvalue weighted by molar-refractivity contribution is 0.318. The van der Waals surface area contributed by atoms with Gasteiger partial charge < -0.3 is 15.5 Å². The first-order valence-electron chi connectivity index (χ1n) is 8.73. The Morgan fingerprint density at radius 2 is 2.00 bits per heavy atom. The minimum Gasteiger partial charge on any atom is -0.493 e. The van der Waals surface area contributed by atoms with E-state index >= 15 is 0 Å². The van der Waals surface area contributed by atoms with E-state index in [0.29, 0.717) is 23.8 Å². The first-order valence-corrected chi connectivity index (χ1v) is 8.73. The highest BCUT2D eigenvalue weighted by Crippen LogP contribution is 2.31. The fraction of sp³-hybridized carbons (Fsp3) is 0.150.